The molecule has 0 aliphatic heterocycles. The van der Waals surface area contributed by atoms with Crippen LogP contribution in [0.5, 0.6) is 0 Å². The number of rotatable bonds is 4. The van der Waals surface area contributed by atoms with E-state index in [9.17, 15) is 16.8 Å². The molecule has 0 saturated heterocycles. The Morgan fingerprint density at radius 2 is 1.42 bits per heavy atom. The third-order valence-corrected chi connectivity index (χ3v) is 4.96. The summed E-state index contributed by atoms with van der Waals surface area (Å²) in [5.74, 6) is 0. The predicted octanol–water partition coefficient (Wildman–Crippen LogP) is -0.357. The van der Waals surface area contributed by atoms with E-state index in [1.54, 1.807) is 0 Å². The molecule has 0 aromatic carbocycles. The molecule has 0 saturated carbocycles. The first-order chi connectivity index (χ1) is 5.19. The first-order valence-corrected chi connectivity index (χ1v) is 8.15. The molecule has 0 aromatic heterocycles. The monoisotopic (exact) mass is 327 g/mol. The number of hydrogen-bond acceptors (Lipinski definition) is 4. The van der Waals surface area contributed by atoms with Crippen LogP contribution >= 0.6 is 22.6 Å². The lowest BCUT2D eigenvalue weighted by Gasteiger charge is -2.15. The summed E-state index contributed by atoms with van der Waals surface area (Å²) in [5, 5.41) is 0. The molecule has 0 N–H and O–H groups in total. The third kappa shape index (κ3) is 4.01. The van der Waals surface area contributed by atoms with Gasteiger partial charge in [-0.2, -0.15) is 0 Å². The van der Waals surface area contributed by atoms with Gasteiger partial charge in [-0.25, -0.2) is 16.8 Å². The summed E-state index contributed by atoms with van der Waals surface area (Å²) in [6, 6.07) is 0. The quantitative estimate of drug-likeness (QED) is 0.522. The average Bonchev–Trinajstić information content (AvgIpc) is 1.77. The van der Waals surface area contributed by atoms with Crippen molar-refractivity contribution < 1.29 is 16.8 Å². The second kappa shape index (κ2) is 4.20. The van der Waals surface area contributed by atoms with Crippen LogP contribution in [-0.4, -0.2) is 44.0 Å². The molecule has 0 heterocycles. The minimum Gasteiger partial charge on any atom is -0.212 e. The van der Waals surface area contributed by atoms with Crippen LogP contribution < -0.4 is 0 Å². The Bertz CT molecular complexity index is 300. The Kier molecular flexibility index (Phi) is 4.41. The molecule has 8 heteroatoms. The van der Waals surface area contributed by atoms with E-state index >= 15 is 0 Å². The van der Waals surface area contributed by atoms with Crippen molar-refractivity contribution in [1.82, 2.24) is 3.71 Å². The minimum atomic E-state index is -3.64. The Morgan fingerprint density at radius 3 is 1.50 bits per heavy atom. The van der Waals surface area contributed by atoms with Gasteiger partial charge in [-0.3, -0.25) is 0 Å². The number of alkyl halides is 1. The van der Waals surface area contributed by atoms with Crippen molar-refractivity contribution >= 4 is 42.6 Å². The highest BCUT2D eigenvalue weighted by Crippen LogP contribution is 2.05. The molecule has 0 fully saturated rings. The molecule has 0 aromatic rings. The Balaban J connectivity index is 4.97. The molecule has 0 unspecified atom stereocenters. The third-order valence-electron chi connectivity index (χ3n) is 1.01. The summed E-state index contributed by atoms with van der Waals surface area (Å²) in [7, 11) is -7.29. The van der Waals surface area contributed by atoms with Crippen LogP contribution in [0.3, 0.4) is 0 Å². The topological polar surface area (TPSA) is 71.5 Å². The minimum absolute atomic E-state index is 0.00176. The predicted molar refractivity (Wildman–Crippen MR) is 55.3 cm³/mol. The first-order valence-electron chi connectivity index (χ1n) is 2.93. The zero-order valence-electron chi connectivity index (χ0n) is 6.69. The Hall–Kier alpha value is 0.590. The van der Waals surface area contributed by atoms with Crippen molar-refractivity contribution in [1.29, 1.82) is 0 Å². The lowest BCUT2D eigenvalue weighted by Crippen LogP contribution is -2.36. The molecule has 0 bridgehead atoms. The molecule has 74 valence electrons. The summed E-state index contributed by atoms with van der Waals surface area (Å²) in [6.07, 6.45) is 1.75. The first kappa shape index (κ1) is 12.6. The van der Waals surface area contributed by atoms with Crippen molar-refractivity contribution in [2.24, 2.45) is 0 Å². The second-order valence-electron chi connectivity index (χ2n) is 2.21. The van der Waals surface area contributed by atoms with Gasteiger partial charge in [0.05, 0.1) is 12.5 Å². The van der Waals surface area contributed by atoms with Crippen molar-refractivity contribution in [3.05, 3.63) is 0 Å². The van der Waals surface area contributed by atoms with Crippen LogP contribution in [0, 0.1) is 0 Å². The smallest absolute Gasteiger partial charge is 0.212 e. The second-order valence-corrected chi connectivity index (χ2v) is 7.33. The molecular weight excluding hydrogens is 317 g/mol. The van der Waals surface area contributed by atoms with Crippen LogP contribution in [0.1, 0.15) is 0 Å². The van der Waals surface area contributed by atoms with Crippen molar-refractivity contribution in [3.8, 4) is 0 Å². The van der Waals surface area contributed by atoms with E-state index in [2.05, 4.69) is 0 Å². The summed E-state index contributed by atoms with van der Waals surface area (Å²) in [6.45, 7) is -0.00176. The Labute approximate surface area is 86.4 Å². The zero-order valence-corrected chi connectivity index (χ0v) is 10.5. The van der Waals surface area contributed by atoms with E-state index in [4.69, 9.17) is 0 Å². The summed E-state index contributed by atoms with van der Waals surface area (Å²) < 4.78 is 44.6. The summed E-state index contributed by atoms with van der Waals surface area (Å²) in [5.41, 5.74) is 0. The van der Waals surface area contributed by atoms with E-state index < -0.39 is 20.0 Å². The number of nitrogens with zero attached hydrogens (tertiary/aromatic N) is 1. The SMILES string of the molecule is CS(=O)(=O)N(CCI)S(C)(=O)=O. The van der Waals surface area contributed by atoms with Crippen LogP contribution in [0.15, 0.2) is 0 Å². The van der Waals surface area contributed by atoms with Gasteiger partial charge < -0.3 is 0 Å². The highest BCUT2D eigenvalue weighted by molar-refractivity contribution is 14.1. The van der Waals surface area contributed by atoms with Crippen molar-refractivity contribution in [3.63, 3.8) is 0 Å². The zero-order chi connectivity index (χ0) is 9.99. The van der Waals surface area contributed by atoms with Gasteiger partial charge in [0.2, 0.25) is 20.0 Å². The highest BCUT2D eigenvalue weighted by Gasteiger charge is 2.25. The van der Waals surface area contributed by atoms with Crippen LogP contribution in [0.25, 0.3) is 0 Å². The van der Waals surface area contributed by atoms with Gasteiger partial charge in [-0.05, 0) is 0 Å². The number of hydrogen-bond donors (Lipinski definition) is 0. The molecule has 5 nitrogen and oxygen atoms in total. The van der Waals surface area contributed by atoms with Gasteiger partial charge >= 0.3 is 0 Å². The maximum atomic E-state index is 10.9. The van der Waals surface area contributed by atoms with E-state index in [1.807, 2.05) is 22.6 Å². The van der Waals surface area contributed by atoms with Crippen LogP contribution in [-0.2, 0) is 20.0 Å². The fourth-order valence-electron chi connectivity index (χ4n) is 0.647. The van der Waals surface area contributed by atoms with Crippen molar-refractivity contribution in [2.75, 3.05) is 23.5 Å². The normalized spacial score (nSPS) is 13.7. The fourth-order valence-corrected chi connectivity index (χ4v) is 4.60. The molecule has 0 amide bonds. The largest absolute Gasteiger partial charge is 0.224 e. The van der Waals surface area contributed by atoms with Gasteiger partial charge in [0, 0.05) is 11.0 Å². The van der Waals surface area contributed by atoms with Crippen LogP contribution in [0.2, 0.25) is 0 Å². The number of sulfonamides is 2. The fraction of sp³-hybridized carbons (Fsp3) is 1.00. The van der Waals surface area contributed by atoms with E-state index in [0.29, 0.717) is 8.14 Å². The van der Waals surface area contributed by atoms with Crippen molar-refractivity contribution in [2.45, 2.75) is 0 Å². The molecule has 0 spiro atoms. The molecule has 0 aliphatic carbocycles. The van der Waals surface area contributed by atoms with E-state index in [1.165, 1.54) is 0 Å². The van der Waals surface area contributed by atoms with E-state index in [-0.39, 0.29) is 6.54 Å². The summed E-state index contributed by atoms with van der Waals surface area (Å²) >= 11 is 1.91. The molecule has 0 aliphatic rings. The van der Waals surface area contributed by atoms with Gasteiger partial charge in [0.25, 0.3) is 0 Å². The Morgan fingerprint density at radius 1 is 1.08 bits per heavy atom. The lowest BCUT2D eigenvalue weighted by molar-refractivity contribution is 0.516. The molecule has 12 heavy (non-hydrogen) atoms. The van der Waals surface area contributed by atoms with Gasteiger partial charge in [0.1, 0.15) is 0 Å². The molecule has 0 radical (unpaired) electrons. The van der Waals surface area contributed by atoms with Gasteiger partial charge in [-0.1, -0.05) is 26.3 Å². The standard InChI is InChI=1S/C4H10INO4S2/c1-11(7,8)6(4-3-5)12(2,9)10/h3-4H2,1-2H3. The molecular formula is C4H10INO4S2. The van der Waals surface area contributed by atoms with Crippen LogP contribution in [0.4, 0.5) is 0 Å². The van der Waals surface area contributed by atoms with Gasteiger partial charge in [0.15, 0.2) is 0 Å². The average molecular weight is 327 g/mol. The maximum absolute atomic E-state index is 10.9. The molecule has 0 atom stereocenters. The lowest BCUT2D eigenvalue weighted by atomic mass is 10.8. The summed E-state index contributed by atoms with van der Waals surface area (Å²) in [4.78, 5) is 0. The molecule has 0 rings (SSSR count). The highest BCUT2D eigenvalue weighted by atomic mass is 127. The van der Waals surface area contributed by atoms with E-state index in [0.717, 1.165) is 12.5 Å². The maximum Gasteiger partial charge on any atom is 0.224 e. The van der Waals surface area contributed by atoms with Gasteiger partial charge in [-0.15, -0.1) is 0 Å². The number of halogens is 1.